The number of amides is 5. The van der Waals surface area contributed by atoms with Gasteiger partial charge in [-0.1, -0.05) is 74.5 Å². The van der Waals surface area contributed by atoms with E-state index in [1.807, 2.05) is 74.5 Å². The highest BCUT2D eigenvalue weighted by Crippen LogP contribution is 2.20. The lowest BCUT2D eigenvalue weighted by Gasteiger charge is -2.38. The van der Waals surface area contributed by atoms with Gasteiger partial charge >= 0.3 is 0 Å². The van der Waals surface area contributed by atoms with Gasteiger partial charge in [-0.25, -0.2) is 0 Å². The maximum Gasteiger partial charge on any atom is 0.257 e. The van der Waals surface area contributed by atoms with Crippen LogP contribution >= 0.6 is 0 Å². The Morgan fingerprint density at radius 1 is 0.796 bits per heavy atom. The molecule has 1 aliphatic rings. The quantitative estimate of drug-likeness (QED) is 0.116. The van der Waals surface area contributed by atoms with Crippen molar-refractivity contribution in [1.29, 1.82) is 0 Å². The molecule has 1 aliphatic heterocycles. The molecular weight excluding hydrogens is 686 g/mol. The van der Waals surface area contributed by atoms with E-state index in [1.54, 1.807) is 22.9 Å². The number of nitrogens with one attached hydrogen (secondary N) is 3. The predicted molar refractivity (Wildman–Crippen MR) is 207 cm³/mol. The van der Waals surface area contributed by atoms with E-state index < -0.39 is 41.9 Å². The molecule has 2 aromatic carbocycles. The highest BCUT2D eigenvalue weighted by atomic mass is 16.3. The molecular formula is C41H57N7O6. The first-order chi connectivity index (χ1) is 26.0. The van der Waals surface area contributed by atoms with Crippen LogP contribution in [0.25, 0.3) is 0 Å². The zero-order valence-electron chi connectivity index (χ0n) is 31.7. The number of nitrogens with zero attached hydrogens (tertiary/aromatic N) is 2. The van der Waals surface area contributed by atoms with E-state index in [-0.39, 0.29) is 30.2 Å². The van der Waals surface area contributed by atoms with Crippen LogP contribution in [0.4, 0.5) is 0 Å². The molecule has 5 amide bonds. The molecule has 4 rings (SSSR count). The highest BCUT2D eigenvalue weighted by Gasteiger charge is 2.34. The standard InChI is InChI=1S/C41H57N7O6/c1-28(2)24-35(46-39(51)36(26-30-14-8-5-9-15-30)45-37(49)33(43)25-29-12-6-4-7-13-29)38(50)44-34(16-10-11-20-42)41(53)48-21-17-32(18-22-48)47(3)40(52)31-19-23-54-27-31/h4-9,12-15,19,23,27-28,32-36H,10-11,16-18,20-22,24-26,42-43H2,1-3H3,(H,44,50)(H,45,49)(H,46,51)/t33-,34-,35-,36-/m1/s1. The topological polar surface area (TPSA) is 193 Å². The summed E-state index contributed by atoms with van der Waals surface area (Å²) >= 11 is 0. The monoisotopic (exact) mass is 743 g/mol. The maximum absolute atomic E-state index is 14.0. The number of carbonyl (C=O) groups is 5. The van der Waals surface area contributed by atoms with E-state index in [1.165, 1.54) is 12.5 Å². The first-order valence-corrected chi connectivity index (χ1v) is 19.0. The summed E-state index contributed by atoms with van der Waals surface area (Å²) in [6.45, 7) is 5.19. The second-order valence-electron chi connectivity index (χ2n) is 14.6. The fourth-order valence-corrected chi connectivity index (χ4v) is 6.75. The molecule has 1 aromatic heterocycles. The molecule has 1 saturated heterocycles. The molecule has 0 saturated carbocycles. The molecule has 3 aromatic rings. The van der Waals surface area contributed by atoms with Crippen LogP contribution in [-0.4, -0.2) is 96.2 Å². The molecule has 0 aliphatic carbocycles. The van der Waals surface area contributed by atoms with Gasteiger partial charge in [-0.15, -0.1) is 0 Å². The summed E-state index contributed by atoms with van der Waals surface area (Å²) in [4.78, 5) is 71.6. The number of nitrogens with two attached hydrogens (primary N) is 2. The zero-order valence-corrected chi connectivity index (χ0v) is 31.7. The van der Waals surface area contributed by atoms with Crippen LogP contribution in [-0.2, 0) is 32.0 Å². The lowest BCUT2D eigenvalue weighted by molar-refractivity contribution is -0.139. The maximum atomic E-state index is 14.0. The van der Waals surface area contributed by atoms with Crippen molar-refractivity contribution in [3.63, 3.8) is 0 Å². The van der Waals surface area contributed by atoms with Crippen molar-refractivity contribution >= 4 is 29.5 Å². The van der Waals surface area contributed by atoms with Crippen LogP contribution in [0.3, 0.4) is 0 Å². The number of unbranched alkanes of at least 4 members (excludes halogenated alkanes) is 1. The van der Waals surface area contributed by atoms with Gasteiger partial charge in [0.25, 0.3) is 5.91 Å². The molecule has 0 spiro atoms. The Morgan fingerprint density at radius 3 is 1.94 bits per heavy atom. The Hall–Kier alpha value is -5.01. The largest absolute Gasteiger partial charge is 0.472 e. The zero-order chi connectivity index (χ0) is 39.0. The van der Waals surface area contributed by atoms with Gasteiger partial charge in [-0.05, 0) is 74.6 Å². The number of carbonyl (C=O) groups excluding carboxylic acids is 5. The molecule has 0 bridgehead atoms. The second-order valence-corrected chi connectivity index (χ2v) is 14.6. The summed E-state index contributed by atoms with van der Waals surface area (Å²) in [5.74, 6) is -1.81. The Kier molecular flexibility index (Phi) is 16.3. The van der Waals surface area contributed by atoms with Gasteiger partial charge < -0.3 is 41.6 Å². The third kappa shape index (κ3) is 12.6. The summed E-state index contributed by atoms with van der Waals surface area (Å²) in [6, 6.07) is 16.6. The van der Waals surface area contributed by atoms with Crippen LogP contribution in [0.15, 0.2) is 83.7 Å². The Labute approximate surface area is 318 Å². The summed E-state index contributed by atoms with van der Waals surface area (Å²) < 4.78 is 5.07. The molecule has 7 N–H and O–H groups in total. The molecule has 13 heteroatoms. The minimum atomic E-state index is -1.01. The summed E-state index contributed by atoms with van der Waals surface area (Å²) in [7, 11) is 1.76. The molecule has 292 valence electrons. The molecule has 1 fully saturated rings. The molecule has 4 atom stereocenters. The van der Waals surface area contributed by atoms with E-state index in [4.69, 9.17) is 15.9 Å². The van der Waals surface area contributed by atoms with E-state index in [2.05, 4.69) is 16.0 Å². The van der Waals surface area contributed by atoms with Gasteiger partial charge in [-0.2, -0.15) is 0 Å². The first-order valence-electron chi connectivity index (χ1n) is 19.0. The van der Waals surface area contributed by atoms with Crippen LogP contribution in [0.5, 0.6) is 0 Å². The molecule has 2 heterocycles. The average molecular weight is 744 g/mol. The fraction of sp³-hybridized carbons (Fsp3) is 0.488. The van der Waals surface area contributed by atoms with Crippen molar-refractivity contribution < 1.29 is 28.4 Å². The number of hydrogen-bond acceptors (Lipinski definition) is 8. The normalized spacial score (nSPS) is 15.5. The van der Waals surface area contributed by atoms with Crippen LogP contribution in [0.1, 0.15) is 73.9 Å². The lowest BCUT2D eigenvalue weighted by atomic mass is 9.99. The Balaban J connectivity index is 1.44. The van der Waals surface area contributed by atoms with Crippen molar-refractivity contribution in [3.8, 4) is 0 Å². The van der Waals surface area contributed by atoms with E-state index in [9.17, 15) is 24.0 Å². The summed E-state index contributed by atoms with van der Waals surface area (Å²) in [6.07, 6.45) is 6.54. The number of benzene rings is 2. The second kappa shape index (κ2) is 21.0. The van der Waals surface area contributed by atoms with Crippen LogP contribution in [0.2, 0.25) is 0 Å². The van der Waals surface area contributed by atoms with Crippen molar-refractivity contribution in [3.05, 3.63) is 95.9 Å². The number of rotatable bonds is 19. The van der Waals surface area contributed by atoms with E-state index in [0.717, 1.165) is 11.1 Å². The van der Waals surface area contributed by atoms with Crippen molar-refractivity contribution in [1.82, 2.24) is 25.8 Å². The number of piperidine rings is 1. The van der Waals surface area contributed by atoms with Crippen molar-refractivity contribution in [2.75, 3.05) is 26.7 Å². The predicted octanol–water partition coefficient (Wildman–Crippen LogP) is 2.78. The Bertz CT molecular complexity index is 1630. The third-order valence-electron chi connectivity index (χ3n) is 9.86. The number of hydrogen-bond donors (Lipinski definition) is 5. The van der Waals surface area contributed by atoms with Gasteiger partial charge in [0.05, 0.1) is 17.9 Å². The fourth-order valence-electron chi connectivity index (χ4n) is 6.75. The minimum Gasteiger partial charge on any atom is -0.472 e. The Morgan fingerprint density at radius 2 is 1.37 bits per heavy atom. The number of furan rings is 1. The molecule has 54 heavy (non-hydrogen) atoms. The SMILES string of the molecule is CC(C)C[C@@H](NC(=O)[C@@H](Cc1ccccc1)NC(=O)[C@H](N)Cc1ccccc1)C(=O)N[C@H](CCCCN)C(=O)N1CCC(N(C)C(=O)c2ccoc2)CC1. The van der Waals surface area contributed by atoms with Crippen molar-refractivity contribution in [2.24, 2.45) is 17.4 Å². The summed E-state index contributed by atoms with van der Waals surface area (Å²) in [5, 5.41) is 8.70. The summed E-state index contributed by atoms with van der Waals surface area (Å²) in [5.41, 5.74) is 14.2. The lowest BCUT2D eigenvalue weighted by Crippen LogP contribution is -2.59. The first kappa shape index (κ1) is 41.7. The van der Waals surface area contributed by atoms with E-state index >= 15 is 0 Å². The molecule has 13 nitrogen and oxygen atoms in total. The van der Waals surface area contributed by atoms with Gasteiger partial charge in [0.1, 0.15) is 24.4 Å². The molecule has 0 unspecified atom stereocenters. The molecule has 0 radical (unpaired) electrons. The van der Waals surface area contributed by atoms with Gasteiger partial charge in [0.15, 0.2) is 0 Å². The highest BCUT2D eigenvalue weighted by molar-refractivity contribution is 5.95. The van der Waals surface area contributed by atoms with Crippen LogP contribution in [0, 0.1) is 5.92 Å². The minimum absolute atomic E-state index is 0.0229. The van der Waals surface area contributed by atoms with Gasteiger partial charge in [0.2, 0.25) is 23.6 Å². The van der Waals surface area contributed by atoms with Crippen LogP contribution < -0.4 is 27.4 Å². The average Bonchev–Trinajstić information content (AvgIpc) is 3.72. The third-order valence-corrected chi connectivity index (χ3v) is 9.86. The van der Waals surface area contributed by atoms with Crippen molar-refractivity contribution in [2.45, 2.75) is 95.4 Å². The van der Waals surface area contributed by atoms with E-state index in [0.29, 0.717) is 70.1 Å². The van der Waals surface area contributed by atoms with Gasteiger partial charge in [-0.3, -0.25) is 24.0 Å². The number of likely N-dealkylation sites (tertiary alicyclic amines) is 1. The smallest absolute Gasteiger partial charge is 0.257 e. The van der Waals surface area contributed by atoms with Gasteiger partial charge in [0, 0.05) is 32.6 Å².